The van der Waals surface area contributed by atoms with Crippen molar-refractivity contribution in [1.29, 1.82) is 0 Å². The van der Waals surface area contributed by atoms with Gasteiger partial charge < -0.3 is 15.2 Å². The van der Waals surface area contributed by atoms with Gasteiger partial charge in [-0.2, -0.15) is 0 Å². The van der Waals surface area contributed by atoms with E-state index in [1.807, 2.05) is 26.8 Å². The van der Waals surface area contributed by atoms with Crippen molar-refractivity contribution >= 4 is 23.4 Å². The number of fused-ring (bicyclic) bond motifs is 1. The Bertz CT molecular complexity index is 1130. The van der Waals surface area contributed by atoms with Crippen LogP contribution in [0.5, 0.6) is 0 Å². The molecule has 0 aromatic carbocycles. The lowest BCUT2D eigenvalue weighted by molar-refractivity contribution is -0.121. The van der Waals surface area contributed by atoms with Gasteiger partial charge in [-0.3, -0.25) is 19.2 Å². The van der Waals surface area contributed by atoms with Gasteiger partial charge in [0.1, 0.15) is 11.4 Å². The Morgan fingerprint density at radius 2 is 1.88 bits per heavy atom. The number of amides is 2. The number of hydrogen-bond acceptors (Lipinski definition) is 5. The van der Waals surface area contributed by atoms with E-state index in [0.29, 0.717) is 55.8 Å². The molecular weight excluding hydrogens is 408 g/mol. The summed E-state index contributed by atoms with van der Waals surface area (Å²) in [4.78, 5) is 59.3. The van der Waals surface area contributed by atoms with Crippen LogP contribution < -0.4 is 10.9 Å². The van der Waals surface area contributed by atoms with Gasteiger partial charge in [-0.1, -0.05) is 19.9 Å². The fourth-order valence-corrected chi connectivity index (χ4v) is 4.47. The number of aromatic amines is 1. The third-order valence-electron chi connectivity index (χ3n) is 6.26. The van der Waals surface area contributed by atoms with Crippen molar-refractivity contribution in [3.63, 3.8) is 0 Å². The second-order valence-electron chi connectivity index (χ2n) is 9.62. The van der Waals surface area contributed by atoms with Gasteiger partial charge in [0.2, 0.25) is 5.91 Å². The molecule has 1 fully saturated rings. The summed E-state index contributed by atoms with van der Waals surface area (Å²) in [5.41, 5.74) is 1.36. The Morgan fingerprint density at radius 3 is 2.53 bits per heavy atom. The van der Waals surface area contributed by atoms with Crippen molar-refractivity contribution < 1.29 is 14.4 Å². The number of aryl methyl sites for hydroxylation is 1. The van der Waals surface area contributed by atoms with E-state index in [9.17, 15) is 19.2 Å². The number of pyridine rings is 2. The van der Waals surface area contributed by atoms with Crippen LogP contribution in [-0.4, -0.2) is 45.6 Å². The van der Waals surface area contributed by atoms with Gasteiger partial charge >= 0.3 is 0 Å². The third-order valence-corrected chi connectivity index (χ3v) is 6.26. The number of nitrogens with one attached hydrogen (secondary N) is 2. The van der Waals surface area contributed by atoms with E-state index in [0.717, 1.165) is 5.56 Å². The first-order chi connectivity index (χ1) is 15.1. The summed E-state index contributed by atoms with van der Waals surface area (Å²) in [6.07, 6.45) is 3.67. The zero-order chi connectivity index (χ0) is 23.0. The molecule has 8 nitrogen and oxygen atoms in total. The summed E-state index contributed by atoms with van der Waals surface area (Å²) in [5.74, 6) is -0.291. The zero-order valence-electron chi connectivity index (χ0n) is 18.7. The van der Waals surface area contributed by atoms with Gasteiger partial charge in [-0.25, -0.2) is 4.98 Å². The molecule has 4 rings (SSSR count). The maximum absolute atomic E-state index is 13.0. The summed E-state index contributed by atoms with van der Waals surface area (Å²) in [7, 11) is 0. The van der Waals surface area contributed by atoms with E-state index in [-0.39, 0.29) is 28.6 Å². The van der Waals surface area contributed by atoms with Gasteiger partial charge in [-0.05, 0) is 49.3 Å². The molecule has 0 saturated carbocycles. The molecule has 2 N–H and O–H groups in total. The normalized spacial score (nSPS) is 18.2. The van der Waals surface area contributed by atoms with Crippen LogP contribution in [0, 0.1) is 18.3 Å². The van der Waals surface area contributed by atoms with E-state index in [2.05, 4.69) is 15.3 Å². The van der Waals surface area contributed by atoms with Crippen LogP contribution in [0.15, 0.2) is 29.2 Å². The standard InChI is InChI=1S/C24H28N4O4/c1-14-4-5-20(25-13-14)27-21(30)15-6-8-28(9-7-15)23(32)17-10-16-18(26-22(17)31)11-24(2,3)12-19(16)29/h4-5,10,13,15H,6-9,11-12H2,1-3H3,(H,26,31)(H,25,27,30). The molecule has 1 saturated heterocycles. The Balaban J connectivity index is 1.42. The van der Waals surface area contributed by atoms with Crippen LogP contribution in [0.1, 0.15) is 65.1 Å². The van der Waals surface area contributed by atoms with E-state index < -0.39 is 11.5 Å². The van der Waals surface area contributed by atoms with Gasteiger partial charge in [0.25, 0.3) is 11.5 Å². The first-order valence-corrected chi connectivity index (χ1v) is 11.0. The monoisotopic (exact) mass is 436 g/mol. The lowest BCUT2D eigenvalue weighted by Gasteiger charge is -2.32. The summed E-state index contributed by atoms with van der Waals surface area (Å²) < 4.78 is 0. The van der Waals surface area contributed by atoms with Crippen LogP contribution in [0.4, 0.5) is 5.82 Å². The fraction of sp³-hybridized carbons (Fsp3) is 0.458. The van der Waals surface area contributed by atoms with Crippen molar-refractivity contribution in [1.82, 2.24) is 14.9 Å². The maximum Gasteiger partial charge on any atom is 0.261 e. The number of ketones is 1. The molecule has 2 aromatic heterocycles. The molecule has 168 valence electrons. The molecule has 0 bridgehead atoms. The SMILES string of the molecule is Cc1ccc(NC(=O)C2CCN(C(=O)c3cc4c([nH]c3=O)CC(C)(C)CC4=O)CC2)nc1. The van der Waals surface area contributed by atoms with E-state index in [1.54, 1.807) is 17.2 Å². The number of carbonyl (C=O) groups excluding carboxylic acids is 3. The van der Waals surface area contributed by atoms with Crippen LogP contribution in [0.3, 0.4) is 0 Å². The maximum atomic E-state index is 13.0. The molecule has 32 heavy (non-hydrogen) atoms. The highest BCUT2D eigenvalue weighted by Crippen LogP contribution is 2.33. The molecule has 2 aromatic rings. The van der Waals surface area contributed by atoms with Crippen LogP contribution in [0.25, 0.3) is 0 Å². The number of rotatable bonds is 3. The molecule has 2 amide bonds. The predicted octanol–water partition coefficient (Wildman–Crippen LogP) is 2.72. The van der Waals surface area contributed by atoms with Crippen molar-refractivity contribution in [3.8, 4) is 0 Å². The number of piperidine rings is 1. The minimum absolute atomic E-state index is 0.0106. The summed E-state index contributed by atoms with van der Waals surface area (Å²) in [5, 5.41) is 2.82. The topological polar surface area (TPSA) is 112 Å². The Labute approximate surface area is 186 Å². The summed E-state index contributed by atoms with van der Waals surface area (Å²) >= 11 is 0. The number of Topliss-reactive ketones (excluding diaryl/α,β-unsaturated/α-hetero) is 1. The number of aromatic nitrogens is 2. The average Bonchev–Trinajstić information content (AvgIpc) is 2.74. The molecule has 0 spiro atoms. The smallest absolute Gasteiger partial charge is 0.261 e. The molecular formula is C24H28N4O4. The first-order valence-electron chi connectivity index (χ1n) is 11.0. The predicted molar refractivity (Wildman–Crippen MR) is 120 cm³/mol. The van der Waals surface area contributed by atoms with Crippen molar-refractivity contribution in [3.05, 3.63) is 57.1 Å². The number of anilines is 1. The number of hydrogen-bond donors (Lipinski definition) is 2. The number of H-pyrrole nitrogens is 1. The molecule has 8 heteroatoms. The summed E-state index contributed by atoms with van der Waals surface area (Å²) in [6.45, 7) is 6.64. The summed E-state index contributed by atoms with van der Waals surface area (Å²) in [6, 6.07) is 5.10. The second kappa shape index (κ2) is 8.33. The van der Waals surface area contributed by atoms with Gasteiger partial charge in [0.05, 0.1) is 0 Å². The van der Waals surface area contributed by atoms with E-state index in [4.69, 9.17) is 0 Å². The third kappa shape index (κ3) is 4.49. The molecule has 2 aliphatic rings. The van der Waals surface area contributed by atoms with Crippen LogP contribution in [0.2, 0.25) is 0 Å². The van der Waals surface area contributed by atoms with Crippen LogP contribution in [-0.2, 0) is 11.2 Å². The molecule has 3 heterocycles. The fourth-order valence-electron chi connectivity index (χ4n) is 4.47. The molecule has 1 aliphatic carbocycles. The largest absolute Gasteiger partial charge is 0.338 e. The van der Waals surface area contributed by atoms with Gasteiger partial charge in [0, 0.05) is 42.9 Å². The highest BCUT2D eigenvalue weighted by atomic mass is 16.2. The Hall–Kier alpha value is -3.29. The van der Waals surface area contributed by atoms with Gasteiger partial charge in [-0.15, -0.1) is 0 Å². The van der Waals surface area contributed by atoms with E-state index >= 15 is 0 Å². The molecule has 0 radical (unpaired) electrons. The highest BCUT2D eigenvalue weighted by molar-refractivity contribution is 6.02. The average molecular weight is 437 g/mol. The minimum Gasteiger partial charge on any atom is -0.338 e. The lowest BCUT2D eigenvalue weighted by atomic mass is 9.75. The quantitative estimate of drug-likeness (QED) is 0.768. The van der Waals surface area contributed by atoms with Crippen molar-refractivity contribution in [2.75, 3.05) is 18.4 Å². The highest BCUT2D eigenvalue weighted by Gasteiger charge is 2.34. The van der Waals surface area contributed by atoms with Gasteiger partial charge in [0.15, 0.2) is 5.78 Å². The molecule has 0 atom stereocenters. The lowest BCUT2D eigenvalue weighted by Crippen LogP contribution is -2.43. The van der Waals surface area contributed by atoms with E-state index in [1.165, 1.54) is 6.07 Å². The second-order valence-corrected chi connectivity index (χ2v) is 9.62. The van der Waals surface area contributed by atoms with Crippen molar-refractivity contribution in [2.24, 2.45) is 11.3 Å². The Morgan fingerprint density at radius 1 is 1.16 bits per heavy atom. The van der Waals surface area contributed by atoms with Crippen LogP contribution >= 0.6 is 0 Å². The molecule has 1 aliphatic heterocycles. The Kier molecular flexibility index (Phi) is 5.71. The number of likely N-dealkylation sites (tertiary alicyclic amines) is 1. The molecule has 0 unspecified atom stereocenters. The van der Waals surface area contributed by atoms with Crippen molar-refractivity contribution in [2.45, 2.75) is 46.5 Å². The number of carbonyl (C=O) groups is 3. The first kappa shape index (κ1) is 21.9. The zero-order valence-corrected chi connectivity index (χ0v) is 18.7. The minimum atomic E-state index is -0.468. The number of nitrogens with zero attached hydrogens (tertiary/aromatic N) is 2.